The van der Waals surface area contributed by atoms with Gasteiger partial charge in [0.1, 0.15) is 16.5 Å². The summed E-state index contributed by atoms with van der Waals surface area (Å²) in [6.07, 6.45) is 4.23. The number of hydrogen-bond acceptors (Lipinski definition) is 4. The van der Waals surface area contributed by atoms with Crippen LogP contribution < -0.4 is 5.32 Å². The summed E-state index contributed by atoms with van der Waals surface area (Å²) >= 11 is 1.55. The lowest BCUT2D eigenvalue weighted by Crippen LogP contribution is -2.52. The van der Waals surface area contributed by atoms with Crippen LogP contribution in [-0.4, -0.2) is 41.5 Å². The quantitative estimate of drug-likeness (QED) is 0.540. The minimum absolute atomic E-state index is 0.0968. The summed E-state index contributed by atoms with van der Waals surface area (Å²) in [6.45, 7) is 1.95. The van der Waals surface area contributed by atoms with Crippen molar-refractivity contribution < 1.29 is 9.18 Å². The minimum atomic E-state index is -0.141. The van der Waals surface area contributed by atoms with Crippen LogP contribution in [0.25, 0.3) is 10.6 Å². The largest absolute Gasteiger partial charge is 0.348 e. The summed E-state index contributed by atoms with van der Waals surface area (Å²) in [4.78, 5) is 20.8. The Bertz CT molecular complexity index is 1070. The molecule has 0 radical (unpaired) electrons. The Hall–Kier alpha value is -2.57. The van der Waals surface area contributed by atoms with Gasteiger partial charge in [0.05, 0.1) is 0 Å². The van der Waals surface area contributed by atoms with Crippen molar-refractivity contribution in [2.24, 2.45) is 0 Å². The topological polar surface area (TPSA) is 45.2 Å². The first-order chi connectivity index (χ1) is 15.4. The number of aryl methyl sites for hydroxylation is 1. The van der Waals surface area contributed by atoms with E-state index in [2.05, 4.69) is 29.3 Å². The number of hydrogen-bond donors (Lipinski definition) is 1. The molecule has 1 amide bonds. The van der Waals surface area contributed by atoms with Gasteiger partial charge in [-0.15, -0.1) is 11.3 Å². The number of nitrogens with one attached hydrogen (secondary N) is 1. The Balaban J connectivity index is 1.41. The van der Waals surface area contributed by atoms with Gasteiger partial charge in [-0.05, 0) is 64.8 Å². The third-order valence-electron chi connectivity index (χ3n) is 6.71. The molecule has 6 heteroatoms. The summed E-state index contributed by atoms with van der Waals surface area (Å²) in [5, 5.41) is 4.07. The Morgan fingerprint density at radius 2 is 1.78 bits per heavy atom. The average Bonchev–Trinajstić information content (AvgIpc) is 3.19. The van der Waals surface area contributed by atoms with E-state index < -0.39 is 0 Å². The van der Waals surface area contributed by atoms with Crippen molar-refractivity contribution in [3.05, 3.63) is 76.5 Å². The molecule has 2 aromatic carbocycles. The molecule has 1 saturated carbocycles. The SMILES string of the molecule is Cc1sc(-c2ccccc2)nc1C(=O)NC1CCC(Cc2ccccc2F)(N(C)C)CC1. The van der Waals surface area contributed by atoms with Crippen molar-refractivity contribution in [3.63, 3.8) is 0 Å². The molecular formula is C26H30FN3OS. The number of amides is 1. The molecule has 0 aliphatic heterocycles. The molecule has 0 atom stereocenters. The fourth-order valence-electron chi connectivity index (χ4n) is 4.64. The van der Waals surface area contributed by atoms with Crippen LogP contribution in [0.1, 0.15) is 46.6 Å². The van der Waals surface area contributed by atoms with Gasteiger partial charge in [0.15, 0.2) is 0 Å². The first-order valence-corrected chi connectivity index (χ1v) is 11.9. The van der Waals surface area contributed by atoms with Crippen molar-refractivity contribution in [2.75, 3.05) is 14.1 Å². The van der Waals surface area contributed by atoms with E-state index in [-0.39, 0.29) is 23.3 Å². The van der Waals surface area contributed by atoms with Crippen molar-refractivity contribution in [1.82, 2.24) is 15.2 Å². The zero-order valence-electron chi connectivity index (χ0n) is 18.9. The van der Waals surface area contributed by atoms with Crippen LogP contribution in [0.2, 0.25) is 0 Å². The Morgan fingerprint density at radius 1 is 1.12 bits per heavy atom. The highest BCUT2D eigenvalue weighted by Crippen LogP contribution is 2.36. The zero-order chi connectivity index (χ0) is 22.7. The van der Waals surface area contributed by atoms with Crippen LogP contribution in [0.3, 0.4) is 0 Å². The van der Waals surface area contributed by atoms with Gasteiger partial charge in [-0.1, -0.05) is 48.5 Å². The molecule has 168 valence electrons. The number of aromatic nitrogens is 1. The summed E-state index contributed by atoms with van der Waals surface area (Å²) in [6, 6.07) is 17.1. The summed E-state index contributed by atoms with van der Waals surface area (Å²) < 4.78 is 14.3. The highest BCUT2D eigenvalue weighted by Gasteiger charge is 2.38. The number of carbonyl (C=O) groups is 1. The van der Waals surface area contributed by atoms with Crippen LogP contribution >= 0.6 is 11.3 Å². The van der Waals surface area contributed by atoms with Crippen molar-refractivity contribution in [2.45, 2.75) is 50.6 Å². The Kier molecular flexibility index (Phi) is 6.72. The second kappa shape index (κ2) is 9.51. The second-order valence-electron chi connectivity index (χ2n) is 8.92. The first-order valence-electron chi connectivity index (χ1n) is 11.1. The molecule has 0 unspecified atom stereocenters. The smallest absolute Gasteiger partial charge is 0.271 e. The zero-order valence-corrected chi connectivity index (χ0v) is 19.7. The van der Waals surface area contributed by atoms with E-state index in [1.807, 2.05) is 49.4 Å². The molecule has 1 N–H and O–H groups in total. The van der Waals surface area contributed by atoms with Gasteiger partial charge < -0.3 is 10.2 Å². The normalized spacial score (nSPS) is 21.0. The molecule has 32 heavy (non-hydrogen) atoms. The van der Waals surface area contributed by atoms with Crippen LogP contribution in [0, 0.1) is 12.7 Å². The number of rotatable bonds is 6. The number of carbonyl (C=O) groups excluding carboxylic acids is 1. The van der Waals surface area contributed by atoms with Crippen LogP contribution in [-0.2, 0) is 6.42 Å². The number of benzene rings is 2. The Labute approximate surface area is 193 Å². The Morgan fingerprint density at radius 3 is 2.44 bits per heavy atom. The second-order valence-corrected chi connectivity index (χ2v) is 10.1. The maximum absolute atomic E-state index is 14.3. The molecule has 0 saturated heterocycles. The van der Waals surface area contributed by atoms with Crippen molar-refractivity contribution in [1.29, 1.82) is 0 Å². The standard InChI is InChI=1S/C26H30FN3OS/c1-18-23(29-25(32-18)19-9-5-4-6-10-19)24(31)28-21-13-15-26(16-14-21,30(2)3)17-20-11-7-8-12-22(20)27/h4-12,21H,13-17H2,1-3H3,(H,28,31). The molecule has 3 aromatic rings. The minimum Gasteiger partial charge on any atom is -0.348 e. The van der Waals surface area contributed by atoms with E-state index in [4.69, 9.17) is 0 Å². The fourth-order valence-corrected chi connectivity index (χ4v) is 5.56. The maximum Gasteiger partial charge on any atom is 0.271 e. The number of nitrogens with zero attached hydrogens (tertiary/aromatic N) is 2. The maximum atomic E-state index is 14.3. The predicted molar refractivity (Wildman–Crippen MR) is 129 cm³/mol. The van der Waals surface area contributed by atoms with E-state index in [9.17, 15) is 9.18 Å². The lowest BCUT2D eigenvalue weighted by Gasteiger charge is -2.45. The van der Waals surface area contributed by atoms with E-state index in [0.717, 1.165) is 46.7 Å². The van der Waals surface area contributed by atoms with E-state index in [0.29, 0.717) is 12.1 Å². The molecule has 0 spiro atoms. The monoisotopic (exact) mass is 451 g/mol. The lowest BCUT2D eigenvalue weighted by atomic mass is 9.74. The predicted octanol–water partition coefficient (Wildman–Crippen LogP) is 5.47. The fraction of sp³-hybridized carbons (Fsp3) is 0.385. The van der Waals surface area contributed by atoms with Gasteiger partial charge in [-0.25, -0.2) is 9.37 Å². The van der Waals surface area contributed by atoms with Gasteiger partial charge in [0.25, 0.3) is 5.91 Å². The van der Waals surface area contributed by atoms with Gasteiger partial charge in [0, 0.05) is 22.0 Å². The van der Waals surface area contributed by atoms with Gasteiger partial charge in [-0.3, -0.25) is 4.79 Å². The molecule has 1 aliphatic rings. The highest BCUT2D eigenvalue weighted by molar-refractivity contribution is 7.15. The number of thiazole rings is 1. The van der Waals surface area contributed by atoms with Gasteiger partial charge in [-0.2, -0.15) is 0 Å². The number of halogens is 1. The molecule has 4 nitrogen and oxygen atoms in total. The molecule has 1 fully saturated rings. The lowest BCUT2D eigenvalue weighted by molar-refractivity contribution is 0.0762. The van der Waals surface area contributed by atoms with Crippen LogP contribution in [0.5, 0.6) is 0 Å². The van der Waals surface area contributed by atoms with Crippen molar-refractivity contribution >= 4 is 17.2 Å². The molecule has 1 heterocycles. The third kappa shape index (κ3) is 4.76. The third-order valence-corrected chi connectivity index (χ3v) is 7.73. The van der Waals surface area contributed by atoms with Crippen LogP contribution in [0.15, 0.2) is 54.6 Å². The molecule has 1 aromatic heterocycles. The van der Waals surface area contributed by atoms with Gasteiger partial charge >= 0.3 is 0 Å². The van der Waals surface area contributed by atoms with E-state index in [1.54, 1.807) is 17.4 Å². The summed E-state index contributed by atoms with van der Waals surface area (Å²) in [5.74, 6) is -0.241. The molecule has 1 aliphatic carbocycles. The highest BCUT2D eigenvalue weighted by atomic mass is 32.1. The van der Waals surface area contributed by atoms with E-state index >= 15 is 0 Å². The summed E-state index contributed by atoms with van der Waals surface area (Å²) in [5.41, 5.74) is 2.21. The molecular weight excluding hydrogens is 421 g/mol. The first kappa shape index (κ1) is 22.6. The molecule has 4 rings (SSSR count). The van der Waals surface area contributed by atoms with Crippen LogP contribution in [0.4, 0.5) is 4.39 Å². The molecule has 0 bridgehead atoms. The number of likely N-dealkylation sites (N-methyl/N-ethyl adjacent to an activating group) is 1. The summed E-state index contributed by atoms with van der Waals surface area (Å²) in [7, 11) is 4.15. The average molecular weight is 452 g/mol. The van der Waals surface area contributed by atoms with Crippen molar-refractivity contribution in [3.8, 4) is 10.6 Å². The van der Waals surface area contributed by atoms with Gasteiger partial charge in [0.2, 0.25) is 0 Å². The van der Waals surface area contributed by atoms with E-state index in [1.165, 1.54) is 6.07 Å².